The van der Waals surface area contributed by atoms with Crippen LogP contribution in [0.2, 0.25) is 0 Å². The maximum absolute atomic E-state index is 12.7. The van der Waals surface area contributed by atoms with E-state index in [1.807, 2.05) is 32.9 Å². The molecule has 0 aromatic rings. The van der Waals surface area contributed by atoms with Crippen LogP contribution in [0.25, 0.3) is 0 Å². The molecule has 0 saturated carbocycles. The van der Waals surface area contributed by atoms with Gasteiger partial charge in [0.15, 0.2) is 5.96 Å². The molecule has 0 spiro atoms. The third kappa shape index (κ3) is 10.3. The fourth-order valence-electron chi connectivity index (χ4n) is 3.13. The van der Waals surface area contributed by atoms with Crippen LogP contribution in [0.4, 0.5) is 0 Å². The standard InChI is InChI=1S/C26H43N5O2S/c1-8-14-27-15-10-12-21(5)22(6)13-17-31(9-2)26-28-16-11-18-34(33)23(7)25(30-26)29-24(19-32)20(3)4/h8,12,14,20,22,24,27,32H,7,9,11,13,16-19H2,1-6H3,(H,28,29,30)/b14-8-,21-12+. The summed E-state index contributed by atoms with van der Waals surface area (Å²) in [6.45, 7) is 18.5. The van der Waals surface area contributed by atoms with Gasteiger partial charge in [0.2, 0.25) is 0 Å². The van der Waals surface area contributed by atoms with Crippen molar-refractivity contribution in [2.45, 2.75) is 60.4 Å². The van der Waals surface area contributed by atoms with E-state index in [0.29, 0.717) is 41.3 Å². The number of aliphatic hydroxyl groups is 1. The Kier molecular flexibility index (Phi) is 14.2. The Hall–Kier alpha value is -2.37. The smallest absolute Gasteiger partial charge is 0.199 e. The van der Waals surface area contributed by atoms with E-state index in [4.69, 9.17) is 9.98 Å². The zero-order chi connectivity index (χ0) is 25.5. The summed E-state index contributed by atoms with van der Waals surface area (Å²) in [4.78, 5) is 12.1. The van der Waals surface area contributed by atoms with Gasteiger partial charge in [-0.05, 0) is 51.5 Å². The van der Waals surface area contributed by atoms with E-state index >= 15 is 0 Å². The molecule has 34 heavy (non-hydrogen) atoms. The highest BCUT2D eigenvalue weighted by Crippen LogP contribution is 2.16. The molecule has 8 heteroatoms. The first-order chi connectivity index (χ1) is 16.2. The summed E-state index contributed by atoms with van der Waals surface area (Å²) in [5.74, 6) is 5.21. The number of guanidine groups is 1. The second-order valence-corrected chi connectivity index (χ2v) is 10.3. The molecule has 0 aliphatic carbocycles. The lowest BCUT2D eigenvalue weighted by molar-refractivity contribution is 0.240. The van der Waals surface area contributed by atoms with Gasteiger partial charge in [0.25, 0.3) is 0 Å². The highest BCUT2D eigenvalue weighted by Gasteiger charge is 2.22. The molecule has 0 aromatic heterocycles. The number of nitrogens with zero attached hydrogens (tertiary/aromatic N) is 3. The van der Waals surface area contributed by atoms with Crippen molar-refractivity contribution in [3.8, 4) is 12.0 Å². The van der Waals surface area contributed by atoms with Gasteiger partial charge in [0, 0.05) is 37.6 Å². The Morgan fingerprint density at radius 1 is 1.44 bits per heavy atom. The first-order valence-electron chi connectivity index (χ1n) is 12.1. The monoisotopic (exact) mass is 489 g/mol. The molecular formula is C26H43N5O2S. The van der Waals surface area contributed by atoms with Gasteiger partial charge < -0.3 is 20.6 Å². The van der Waals surface area contributed by atoms with E-state index in [1.165, 1.54) is 5.57 Å². The number of allylic oxidation sites excluding steroid dienone is 3. The summed E-state index contributed by atoms with van der Waals surface area (Å²) in [7, 11) is -1.23. The SMILES string of the molecule is C=C1C(=NC(CO)C(C)C)NC(N(CC)CCC(C)/C(C)=C/C#CN/C=C\C)=NCCCS1=O. The van der Waals surface area contributed by atoms with E-state index in [1.54, 1.807) is 6.20 Å². The van der Waals surface area contributed by atoms with Crippen LogP contribution < -0.4 is 10.6 Å². The maximum atomic E-state index is 12.7. The molecule has 3 atom stereocenters. The minimum absolute atomic E-state index is 0.0804. The Labute approximate surface area is 209 Å². The number of aliphatic hydroxyl groups excluding tert-OH is 1. The summed E-state index contributed by atoms with van der Waals surface area (Å²) in [6, 6.07) is 2.59. The Morgan fingerprint density at radius 2 is 2.18 bits per heavy atom. The lowest BCUT2D eigenvalue weighted by Crippen LogP contribution is -2.46. The van der Waals surface area contributed by atoms with Crippen LogP contribution in [0.5, 0.6) is 0 Å². The number of aliphatic imine (C=N–C) groups is 2. The highest BCUT2D eigenvalue weighted by molar-refractivity contribution is 7.90. The molecule has 3 unspecified atom stereocenters. The van der Waals surface area contributed by atoms with Gasteiger partial charge in [0.1, 0.15) is 5.84 Å². The molecule has 190 valence electrons. The number of nitrogens with one attached hydrogen (secondary N) is 2. The molecule has 0 amide bonds. The van der Waals surface area contributed by atoms with E-state index in [0.717, 1.165) is 19.5 Å². The maximum Gasteiger partial charge on any atom is 0.199 e. The summed E-state index contributed by atoms with van der Waals surface area (Å²) in [6.07, 6.45) is 7.31. The molecule has 0 fully saturated rings. The first kappa shape index (κ1) is 29.7. The average Bonchev–Trinajstić information content (AvgIpc) is 2.88. The summed E-state index contributed by atoms with van der Waals surface area (Å²) < 4.78 is 12.7. The largest absolute Gasteiger partial charge is 0.394 e. The molecule has 0 aromatic carbocycles. The zero-order valence-electron chi connectivity index (χ0n) is 21.7. The minimum Gasteiger partial charge on any atom is -0.394 e. The predicted molar refractivity (Wildman–Crippen MR) is 146 cm³/mol. The summed E-state index contributed by atoms with van der Waals surface area (Å²) in [5.41, 5.74) is 1.23. The van der Waals surface area contributed by atoms with Gasteiger partial charge in [-0.2, -0.15) is 0 Å². The molecular weight excluding hydrogens is 446 g/mol. The Bertz CT molecular complexity index is 864. The fraction of sp³-hybridized carbons (Fsp3) is 0.615. The second kappa shape index (κ2) is 16.3. The molecule has 3 N–H and O–H groups in total. The van der Waals surface area contributed by atoms with E-state index in [-0.39, 0.29) is 18.6 Å². The third-order valence-electron chi connectivity index (χ3n) is 5.75. The van der Waals surface area contributed by atoms with Crippen LogP contribution in [0.15, 0.2) is 45.4 Å². The van der Waals surface area contributed by atoms with Crippen LogP contribution in [0.1, 0.15) is 54.4 Å². The van der Waals surface area contributed by atoms with Crippen LogP contribution >= 0.6 is 0 Å². The highest BCUT2D eigenvalue weighted by atomic mass is 32.2. The Balaban J connectivity index is 3.02. The number of rotatable bonds is 9. The molecule has 1 rings (SSSR count). The Morgan fingerprint density at radius 3 is 2.79 bits per heavy atom. The quantitative estimate of drug-likeness (QED) is 0.341. The molecule has 1 aliphatic rings. The van der Waals surface area contributed by atoms with Gasteiger partial charge in [-0.1, -0.05) is 44.9 Å². The molecule has 1 heterocycles. The lowest BCUT2D eigenvalue weighted by atomic mass is 9.98. The van der Waals surface area contributed by atoms with Gasteiger partial charge in [-0.25, -0.2) is 0 Å². The minimum atomic E-state index is -1.23. The van der Waals surface area contributed by atoms with Crippen LogP contribution in [-0.4, -0.2) is 64.0 Å². The van der Waals surface area contributed by atoms with Gasteiger partial charge in [0.05, 0.1) is 28.4 Å². The van der Waals surface area contributed by atoms with Gasteiger partial charge >= 0.3 is 0 Å². The van der Waals surface area contributed by atoms with Crippen molar-refractivity contribution < 1.29 is 9.32 Å². The molecule has 1 aliphatic heterocycles. The fourth-order valence-corrected chi connectivity index (χ4v) is 4.08. The van der Waals surface area contributed by atoms with Gasteiger partial charge in [-0.15, -0.1) is 0 Å². The van der Waals surface area contributed by atoms with Crippen molar-refractivity contribution in [3.05, 3.63) is 35.4 Å². The van der Waals surface area contributed by atoms with Crippen molar-refractivity contribution in [2.24, 2.45) is 21.8 Å². The molecule has 0 bridgehead atoms. The van der Waals surface area contributed by atoms with E-state index in [2.05, 4.69) is 54.8 Å². The molecule has 0 radical (unpaired) electrons. The predicted octanol–water partition coefficient (Wildman–Crippen LogP) is 3.39. The van der Waals surface area contributed by atoms with Crippen molar-refractivity contribution in [1.29, 1.82) is 0 Å². The van der Waals surface area contributed by atoms with Crippen molar-refractivity contribution in [2.75, 3.05) is 32.0 Å². The normalized spacial score (nSPS) is 20.5. The number of amidine groups is 1. The second-order valence-electron chi connectivity index (χ2n) is 8.70. The van der Waals surface area contributed by atoms with Crippen LogP contribution in [-0.2, 0) is 10.8 Å². The average molecular weight is 490 g/mol. The van der Waals surface area contributed by atoms with Crippen molar-refractivity contribution in [1.82, 2.24) is 15.5 Å². The third-order valence-corrected chi connectivity index (χ3v) is 7.16. The molecule has 7 nitrogen and oxygen atoms in total. The number of hydrogen-bond donors (Lipinski definition) is 3. The van der Waals surface area contributed by atoms with E-state index in [9.17, 15) is 9.32 Å². The van der Waals surface area contributed by atoms with Crippen molar-refractivity contribution in [3.63, 3.8) is 0 Å². The zero-order valence-corrected chi connectivity index (χ0v) is 22.5. The van der Waals surface area contributed by atoms with E-state index < -0.39 is 10.8 Å². The molecule has 0 saturated heterocycles. The van der Waals surface area contributed by atoms with Crippen molar-refractivity contribution >= 4 is 22.6 Å². The van der Waals surface area contributed by atoms with Crippen LogP contribution in [0.3, 0.4) is 0 Å². The first-order valence-corrected chi connectivity index (χ1v) is 13.4. The number of hydrogen-bond acceptors (Lipinski definition) is 6. The topological polar surface area (TPSA) is 89.3 Å². The van der Waals surface area contributed by atoms with Gasteiger partial charge in [-0.3, -0.25) is 14.2 Å². The lowest BCUT2D eigenvalue weighted by Gasteiger charge is -2.28. The summed E-state index contributed by atoms with van der Waals surface area (Å²) >= 11 is 0. The summed E-state index contributed by atoms with van der Waals surface area (Å²) in [5, 5.41) is 16.0. The van der Waals surface area contributed by atoms with Crippen LogP contribution in [0, 0.1) is 23.8 Å².